The van der Waals surface area contributed by atoms with E-state index < -0.39 is 5.97 Å². The van der Waals surface area contributed by atoms with E-state index in [0.717, 1.165) is 19.3 Å². The van der Waals surface area contributed by atoms with Gasteiger partial charge < -0.3 is 14.6 Å². The number of hydrogen-bond donors (Lipinski definition) is 1. The van der Waals surface area contributed by atoms with Gasteiger partial charge in [-0.05, 0) is 0 Å². The number of carboxylic acid groups (broad SMARTS) is 1. The van der Waals surface area contributed by atoms with Gasteiger partial charge in [0, 0.05) is 6.08 Å². The van der Waals surface area contributed by atoms with E-state index in [0.29, 0.717) is 12.7 Å². The molecule has 4 heteroatoms. The summed E-state index contributed by atoms with van der Waals surface area (Å²) in [4.78, 5) is 9.25. The first kappa shape index (κ1) is 11.9. The lowest BCUT2D eigenvalue weighted by Crippen LogP contribution is -2.00. The number of aliphatic carboxylic acids is 1. The molecular weight excluding hydrogens is 172 g/mol. The van der Waals surface area contributed by atoms with Crippen molar-refractivity contribution < 1.29 is 19.4 Å². The number of carbonyl (C=O) groups is 1. The first-order valence-electron chi connectivity index (χ1n) is 3.86. The van der Waals surface area contributed by atoms with Crippen LogP contribution in [0.1, 0.15) is 0 Å². The van der Waals surface area contributed by atoms with E-state index in [9.17, 15) is 4.79 Å². The van der Waals surface area contributed by atoms with Crippen LogP contribution >= 0.6 is 0 Å². The van der Waals surface area contributed by atoms with Gasteiger partial charge in [-0.1, -0.05) is 12.7 Å². The summed E-state index contributed by atoms with van der Waals surface area (Å²) < 4.78 is 9.96. The van der Waals surface area contributed by atoms with Gasteiger partial charge in [-0.3, -0.25) is 0 Å². The molecule has 1 N–H and O–H groups in total. The highest BCUT2D eigenvalue weighted by atomic mass is 16.6. The Bertz CT molecular complexity index is 172. The summed E-state index contributed by atoms with van der Waals surface area (Å²) in [5, 5.41) is 7.60. The molecule has 0 spiro atoms. The van der Waals surface area contributed by atoms with Crippen molar-refractivity contribution in [3.8, 4) is 0 Å². The Kier molecular flexibility index (Phi) is 6.86. The molecule has 0 aromatic rings. The third-order valence-electron chi connectivity index (χ3n) is 1.12. The third-order valence-corrected chi connectivity index (χ3v) is 1.12. The molecule has 0 aliphatic carbocycles. The molecule has 13 heavy (non-hydrogen) atoms. The van der Waals surface area contributed by atoms with Crippen LogP contribution in [0.5, 0.6) is 0 Å². The first-order valence-corrected chi connectivity index (χ1v) is 3.86. The predicted molar refractivity (Wildman–Crippen MR) is 48.6 cm³/mol. The van der Waals surface area contributed by atoms with Crippen LogP contribution in [-0.2, 0) is 14.3 Å². The van der Waals surface area contributed by atoms with Gasteiger partial charge in [0.2, 0.25) is 0 Å². The third kappa shape index (κ3) is 10.9. The Morgan fingerprint density at radius 2 is 2.23 bits per heavy atom. The zero-order valence-corrected chi connectivity index (χ0v) is 7.44. The summed E-state index contributed by atoms with van der Waals surface area (Å²) in [5.74, 6) is -0.981. The molecule has 0 aromatic heterocycles. The summed E-state index contributed by atoms with van der Waals surface area (Å²) >= 11 is 0. The molecule has 1 saturated heterocycles. The van der Waals surface area contributed by atoms with Gasteiger partial charge in [-0.25, -0.2) is 4.79 Å². The molecule has 1 atom stereocenters. The lowest BCUT2D eigenvalue weighted by molar-refractivity contribution is -0.131. The lowest BCUT2D eigenvalue weighted by Gasteiger charge is -1.92. The second-order valence-electron chi connectivity index (χ2n) is 2.32. The highest BCUT2D eigenvalue weighted by Gasteiger charge is 2.21. The van der Waals surface area contributed by atoms with Crippen LogP contribution in [0.2, 0.25) is 0 Å². The van der Waals surface area contributed by atoms with Gasteiger partial charge in [-0.15, -0.1) is 6.58 Å². The summed E-state index contributed by atoms with van der Waals surface area (Å²) in [6.07, 6.45) is 2.96. The molecule has 0 aromatic carbocycles. The zero-order chi connectivity index (χ0) is 10.1. The number of carboxylic acids is 1. The normalized spacial score (nSPS) is 18.0. The van der Waals surface area contributed by atoms with E-state index in [4.69, 9.17) is 14.6 Å². The molecule has 1 unspecified atom stereocenters. The molecule has 0 saturated carbocycles. The van der Waals surface area contributed by atoms with Gasteiger partial charge in [0.1, 0.15) is 6.10 Å². The first-order chi connectivity index (χ1) is 6.20. The zero-order valence-electron chi connectivity index (χ0n) is 7.44. The molecule has 1 aliphatic rings. The van der Waals surface area contributed by atoms with E-state index in [1.807, 2.05) is 0 Å². The summed E-state index contributed by atoms with van der Waals surface area (Å²) in [7, 11) is 0. The molecule has 1 heterocycles. The Hall–Kier alpha value is -1.13. The molecule has 74 valence electrons. The summed E-state index contributed by atoms with van der Waals surface area (Å²) in [6.45, 7) is 8.71. The Balaban J connectivity index is 0.000000252. The SMILES string of the molecule is C=CC(=O)O.C=CCOCC1CO1. The molecular formula is C9H14O4. The van der Waals surface area contributed by atoms with E-state index in [1.165, 1.54) is 0 Å². The molecule has 1 aliphatic heterocycles. The second kappa shape index (κ2) is 7.52. The van der Waals surface area contributed by atoms with Gasteiger partial charge in [-0.2, -0.15) is 0 Å². The quantitative estimate of drug-likeness (QED) is 0.299. The van der Waals surface area contributed by atoms with Crippen molar-refractivity contribution in [2.45, 2.75) is 6.10 Å². The maximum absolute atomic E-state index is 9.25. The predicted octanol–water partition coefficient (Wildman–Crippen LogP) is 0.845. The maximum atomic E-state index is 9.25. The van der Waals surface area contributed by atoms with Gasteiger partial charge >= 0.3 is 5.97 Å². The summed E-state index contributed by atoms with van der Waals surface area (Å²) in [5.41, 5.74) is 0. The second-order valence-corrected chi connectivity index (χ2v) is 2.32. The molecule has 1 rings (SSSR count). The fourth-order valence-corrected chi connectivity index (χ4v) is 0.447. The highest BCUT2D eigenvalue weighted by molar-refractivity contribution is 5.78. The number of hydrogen-bond acceptors (Lipinski definition) is 3. The van der Waals surface area contributed by atoms with Crippen molar-refractivity contribution in [2.75, 3.05) is 19.8 Å². The largest absolute Gasteiger partial charge is 0.478 e. The van der Waals surface area contributed by atoms with Gasteiger partial charge in [0.25, 0.3) is 0 Å². The van der Waals surface area contributed by atoms with E-state index in [1.54, 1.807) is 6.08 Å². The average molecular weight is 186 g/mol. The average Bonchev–Trinajstić information content (AvgIpc) is 2.90. The van der Waals surface area contributed by atoms with Crippen LogP contribution in [0, 0.1) is 0 Å². The fraction of sp³-hybridized carbons (Fsp3) is 0.444. The Morgan fingerprint density at radius 3 is 2.54 bits per heavy atom. The van der Waals surface area contributed by atoms with Gasteiger partial charge in [0.15, 0.2) is 0 Å². The van der Waals surface area contributed by atoms with Crippen LogP contribution in [0.4, 0.5) is 0 Å². The van der Waals surface area contributed by atoms with Crippen molar-refractivity contribution >= 4 is 5.97 Å². The van der Waals surface area contributed by atoms with Crippen molar-refractivity contribution in [1.29, 1.82) is 0 Å². The van der Waals surface area contributed by atoms with Crippen molar-refractivity contribution in [3.63, 3.8) is 0 Å². The minimum Gasteiger partial charge on any atom is -0.478 e. The molecule has 4 nitrogen and oxygen atoms in total. The summed E-state index contributed by atoms with van der Waals surface area (Å²) in [6, 6.07) is 0. The van der Waals surface area contributed by atoms with Gasteiger partial charge in [0.05, 0.1) is 19.8 Å². The Labute approximate surface area is 77.5 Å². The fourth-order valence-electron chi connectivity index (χ4n) is 0.447. The minimum absolute atomic E-state index is 0.384. The van der Waals surface area contributed by atoms with Crippen LogP contribution in [0.25, 0.3) is 0 Å². The number of ether oxygens (including phenoxy) is 2. The van der Waals surface area contributed by atoms with Crippen LogP contribution in [0.15, 0.2) is 25.3 Å². The van der Waals surface area contributed by atoms with Crippen LogP contribution in [-0.4, -0.2) is 37.0 Å². The van der Waals surface area contributed by atoms with E-state index in [2.05, 4.69) is 13.2 Å². The molecule has 0 amide bonds. The molecule has 1 fully saturated rings. The minimum atomic E-state index is -0.981. The van der Waals surface area contributed by atoms with Crippen LogP contribution < -0.4 is 0 Å². The van der Waals surface area contributed by atoms with Crippen molar-refractivity contribution in [3.05, 3.63) is 25.3 Å². The topological polar surface area (TPSA) is 59.1 Å². The monoisotopic (exact) mass is 186 g/mol. The standard InChI is InChI=1S/C6H10O2.C3H4O2/c1-2-3-7-4-6-5-8-6;1-2-3(4)5/h2,6H,1,3-5H2;2H,1H2,(H,4,5). The highest BCUT2D eigenvalue weighted by Crippen LogP contribution is 2.07. The van der Waals surface area contributed by atoms with Crippen molar-refractivity contribution in [2.24, 2.45) is 0 Å². The molecule has 0 radical (unpaired) electrons. The number of rotatable bonds is 5. The maximum Gasteiger partial charge on any atom is 0.327 e. The molecule has 0 bridgehead atoms. The van der Waals surface area contributed by atoms with Crippen molar-refractivity contribution in [1.82, 2.24) is 0 Å². The van der Waals surface area contributed by atoms with Crippen LogP contribution in [0.3, 0.4) is 0 Å². The smallest absolute Gasteiger partial charge is 0.327 e. The van der Waals surface area contributed by atoms with E-state index in [-0.39, 0.29) is 0 Å². The number of epoxide rings is 1. The lowest BCUT2D eigenvalue weighted by atomic mass is 10.5. The Morgan fingerprint density at radius 1 is 1.69 bits per heavy atom. The van der Waals surface area contributed by atoms with E-state index >= 15 is 0 Å².